The molecule has 6 heteroatoms. The predicted octanol–water partition coefficient (Wildman–Crippen LogP) is 3.48. The number of carboxylic acids is 2. The zero-order chi connectivity index (χ0) is 20.1. The van der Waals surface area contributed by atoms with Crippen LogP contribution in [0.15, 0.2) is 54.6 Å². The molecule has 0 spiro atoms. The standard InChI is InChI=1S/C20H22N2.C2H2O4/c1-22-12-11-15(14-22)13-18-17-9-5-6-10-19(17)21-20(18)16-7-3-2-4-8-16;3-1(4)2(5)6/h2-10,15,21H,11-14H2,1H3;(H,3,4)(H,5,6). The highest BCUT2D eigenvalue weighted by atomic mass is 16.4. The number of carboxylic acid groups (broad SMARTS) is 2. The van der Waals surface area contributed by atoms with E-state index in [0.29, 0.717) is 0 Å². The van der Waals surface area contributed by atoms with Gasteiger partial charge in [0.05, 0.1) is 0 Å². The topological polar surface area (TPSA) is 93.6 Å². The fourth-order valence-electron chi connectivity index (χ4n) is 3.74. The maximum Gasteiger partial charge on any atom is 0.414 e. The van der Waals surface area contributed by atoms with Crippen LogP contribution in [-0.2, 0) is 16.0 Å². The lowest BCUT2D eigenvalue weighted by Crippen LogP contribution is -2.15. The Bertz CT molecular complexity index is 953. The maximum absolute atomic E-state index is 9.10. The largest absolute Gasteiger partial charge is 0.473 e. The number of rotatable bonds is 3. The van der Waals surface area contributed by atoms with Gasteiger partial charge in [-0.1, -0.05) is 48.5 Å². The lowest BCUT2D eigenvalue weighted by Gasteiger charge is -2.12. The van der Waals surface area contributed by atoms with Gasteiger partial charge in [-0.25, -0.2) is 9.59 Å². The molecule has 0 saturated carbocycles. The SMILES string of the molecule is CN1CCC(Cc2c(-c3ccccc3)[nH]c3ccccc23)C1.O=C(O)C(=O)O. The van der Waals surface area contributed by atoms with E-state index in [1.807, 2.05) is 0 Å². The van der Waals surface area contributed by atoms with Crippen molar-refractivity contribution in [2.75, 3.05) is 20.1 Å². The number of nitrogens with zero attached hydrogens (tertiary/aromatic N) is 1. The Morgan fingerprint density at radius 1 is 1.04 bits per heavy atom. The maximum atomic E-state index is 9.10. The third-order valence-electron chi connectivity index (χ3n) is 5.04. The van der Waals surface area contributed by atoms with Crippen molar-refractivity contribution in [2.45, 2.75) is 12.8 Å². The molecule has 2 heterocycles. The Labute approximate surface area is 163 Å². The molecule has 1 aromatic heterocycles. The number of hydrogen-bond donors (Lipinski definition) is 3. The Kier molecular flexibility index (Phi) is 6.11. The second-order valence-corrected chi connectivity index (χ2v) is 7.12. The highest BCUT2D eigenvalue weighted by molar-refractivity contribution is 6.27. The van der Waals surface area contributed by atoms with E-state index in [1.54, 1.807) is 0 Å². The molecule has 1 unspecified atom stereocenters. The van der Waals surface area contributed by atoms with Gasteiger partial charge in [-0.2, -0.15) is 0 Å². The van der Waals surface area contributed by atoms with Crippen molar-refractivity contribution in [3.63, 3.8) is 0 Å². The number of likely N-dealkylation sites (tertiary alicyclic amines) is 1. The summed E-state index contributed by atoms with van der Waals surface area (Å²) in [6.07, 6.45) is 2.48. The summed E-state index contributed by atoms with van der Waals surface area (Å²) in [5.41, 5.74) is 5.33. The highest BCUT2D eigenvalue weighted by Gasteiger charge is 2.23. The van der Waals surface area contributed by atoms with Crippen molar-refractivity contribution < 1.29 is 19.8 Å². The Morgan fingerprint density at radius 2 is 1.68 bits per heavy atom. The minimum Gasteiger partial charge on any atom is -0.473 e. The van der Waals surface area contributed by atoms with Gasteiger partial charge in [-0.15, -0.1) is 0 Å². The number of aromatic nitrogens is 1. The number of nitrogens with one attached hydrogen (secondary N) is 1. The summed E-state index contributed by atoms with van der Waals surface area (Å²) < 4.78 is 0. The zero-order valence-corrected chi connectivity index (χ0v) is 15.8. The van der Waals surface area contributed by atoms with E-state index in [2.05, 4.69) is 71.5 Å². The van der Waals surface area contributed by atoms with Gasteiger partial charge in [0.25, 0.3) is 0 Å². The lowest BCUT2D eigenvalue weighted by molar-refractivity contribution is -0.159. The first-order chi connectivity index (χ1) is 13.5. The molecule has 3 N–H and O–H groups in total. The number of fused-ring (bicyclic) bond motifs is 1. The van der Waals surface area contributed by atoms with Gasteiger partial charge in [0, 0.05) is 23.1 Å². The summed E-state index contributed by atoms with van der Waals surface area (Å²) in [6.45, 7) is 2.45. The van der Waals surface area contributed by atoms with Gasteiger partial charge in [0.15, 0.2) is 0 Å². The van der Waals surface area contributed by atoms with Crippen molar-refractivity contribution in [1.29, 1.82) is 0 Å². The van der Waals surface area contributed by atoms with Crippen LogP contribution in [-0.4, -0.2) is 52.2 Å². The number of aliphatic carboxylic acids is 2. The summed E-state index contributed by atoms with van der Waals surface area (Å²) in [5, 5.41) is 16.2. The first-order valence-electron chi connectivity index (χ1n) is 9.25. The molecule has 1 atom stereocenters. The highest BCUT2D eigenvalue weighted by Crippen LogP contribution is 2.33. The van der Waals surface area contributed by atoms with E-state index in [1.165, 1.54) is 53.7 Å². The normalized spacial score (nSPS) is 16.5. The molecule has 0 radical (unpaired) electrons. The van der Waals surface area contributed by atoms with Gasteiger partial charge >= 0.3 is 11.9 Å². The fraction of sp³-hybridized carbons (Fsp3) is 0.273. The summed E-state index contributed by atoms with van der Waals surface area (Å²) in [4.78, 5) is 24.3. The number of para-hydroxylation sites is 1. The first-order valence-corrected chi connectivity index (χ1v) is 9.25. The smallest absolute Gasteiger partial charge is 0.414 e. The van der Waals surface area contributed by atoms with Crippen molar-refractivity contribution in [1.82, 2.24) is 9.88 Å². The molecular formula is C22H24N2O4. The summed E-state index contributed by atoms with van der Waals surface area (Å²) >= 11 is 0. The zero-order valence-electron chi connectivity index (χ0n) is 15.8. The van der Waals surface area contributed by atoms with Gasteiger partial charge in [0.2, 0.25) is 0 Å². The molecule has 1 aliphatic rings. The number of benzene rings is 2. The van der Waals surface area contributed by atoms with Crippen LogP contribution in [0, 0.1) is 5.92 Å². The number of aromatic amines is 1. The molecule has 0 amide bonds. The third-order valence-corrected chi connectivity index (χ3v) is 5.04. The second-order valence-electron chi connectivity index (χ2n) is 7.12. The van der Waals surface area contributed by atoms with Crippen LogP contribution in [0.1, 0.15) is 12.0 Å². The molecule has 1 fully saturated rings. The summed E-state index contributed by atoms with van der Waals surface area (Å²) in [5.74, 6) is -2.88. The van der Waals surface area contributed by atoms with Crippen molar-refractivity contribution in [3.8, 4) is 11.3 Å². The first kappa shape index (κ1) is 19.6. The van der Waals surface area contributed by atoms with E-state index in [-0.39, 0.29) is 0 Å². The fourth-order valence-corrected chi connectivity index (χ4v) is 3.74. The molecule has 0 aliphatic carbocycles. The van der Waals surface area contributed by atoms with Crippen LogP contribution in [0.2, 0.25) is 0 Å². The van der Waals surface area contributed by atoms with Crippen molar-refractivity contribution >= 4 is 22.8 Å². The van der Waals surface area contributed by atoms with Gasteiger partial charge in [-0.05, 0) is 49.5 Å². The minimum absolute atomic E-state index is 0.770. The molecule has 1 aliphatic heterocycles. The summed E-state index contributed by atoms with van der Waals surface area (Å²) in [6, 6.07) is 19.4. The van der Waals surface area contributed by atoms with Crippen LogP contribution >= 0.6 is 0 Å². The average Bonchev–Trinajstić information content (AvgIpc) is 3.27. The quantitative estimate of drug-likeness (QED) is 0.605. The van der Waals surface area contributed by atoms with Crippen LogP contribution in [0.25, 0.3) is 22.2 Å². The van der Waals surface area contributed by atoms with Crippen LogP contribution < -0.4 is 0 Å². The van der Waals surface area contributed by atoms with E-state index < -0.39 is 11.9 Å². The molecule has 28 heavy (non-hydrogen) atoms. The van der Waals surface area contributed by atoms with E-state index in [0.717, 1.165) is 5.92 Å². The Balaban J connectivity index is 0.000000330. The summed E-state index contributed by atoms with van der Waals surface area (Å²) in [7, 11) is 2.23. The molecule has 0 bridgehead atoms. The van der Waals surface area contributed by atoms with E-state index in [4.69, 9.17) is 19.8 Å². The van der Waals surface area contributed by atoms with Gasteiger partial charge in [0.1, 0.15) is 0 Å². The van der Waals surface area contributed by atoms with Crippen molar-refractivity contribution in [2.24, 2.45) is 5.92 Å². The van der Waals surface area contributed by atoms with Crippen molar-refractivity contribution in [3.05, 3.63) is 60.2 Å². The lowest BCUT2D eigenvalue weighted by atomic mass is 9.94. The number of hydrogen-bond acceptors (Lipinski definition) is 3. The molecule has 146 valence electrons. The van der Waals surface area contributed by atoms with Gasteiger partial charge < -0.3 is 20.1 Å². The monoisotopic (exact) mass is 380 g/mol. The number of H-pyrrole nitrogens is 1. The predicted molar refractivity (Wildman–Crippen MR) is 108 cm³/mol. The Morgan fingerprint density at radius 3 is 2.29 bits per heavy atom. The molecule has 4 rings (SSSR count). The molecule has 3 aromatic rings. The number of carbonyl (C=O) groups is 2. The molecular weight excluding hydrogens is 356 g/mol. The molecule has 1 saturated heterocycles. The Hall–Kier alpha value is -3.12. The molecule has 6 nitrogen and oxygen atoms in total. The third kappa shape index (κ3) is 4.58. The average molecular weight is 380 g/mol. The van der Waals surface area contributed by atoms with Crippen LogP contribution in [0.4, 0.5) is 0 Å². The van der Waals surface area contributed by atoms with E-state index in [9.17, 15) is 0 Å². The van der Waals surface area contributed by atoms with Crippen LogP contribution in [0.3, 0.4) is 0 Å². The second kappa shape index (κ2) is 8.71. The van der Waals surface area contributed by atoms with Gasteiger partial charge in [-0.3, -0.25) is 0 Å². The minimum atomic E-state index is -1.82. The van der Waals surface area contributed by atoms with Crippen LogP contribution in [0.5, 0.6) is 0 Å². The van der Waals surface area contributed by atoms with E-state index >= 15 is 0 Å². The molecule has 2 aromatic carbocycles.